The maximum Gasteiger partial charge on any atom is 0.137 e. The molecule has 4 nitrogen and oxygen atoms in total. The van der Waals surface area contributed by atoms with Crippen molar-refractivity contribution in [1.82, 2.24) is 0 Å². The van der Waals surface area contributed by atoms with Crippen molar-refractivity contribution in [3.8, 4) is 0 Å². The lowest BCUT2D eigenvalue weighted by Crippen LogP contribution is -2.14. The van der Waals surface area contributed by atoms with Crippen LogP contribution in [-0.4, -0.2) is 0 Å². The van der Waals surface area contributed by atoms with Gasteiger partial charge in [0, 0.05) is 33.5 Å². The normalized spacial score (nSPS) is 12.8. The van der Waals surface area contributed by atoms with Gasteiger partial charge in [0.15, 0.2) is 0 Å². The standard InChI is InChI=1S/C62H62N2O2/c1-59(2,3)41-19-27-45(28-20-41)63(46-29-21-42(22-30-46)60(4,5)6)51-15-13-17-53-57(51)49-35-39-36-50-56(38-40(39)37-55(49)65-53)66-54-18-14-16-52(58(50)54)64(47-31-23-43(24-32-47)61(7,8)9)48-33-25-44(26-34-48)62(10,11)12/h13-38H,1-12H3. The van der Waals surface area contributed by atoms with E-state index in [2.05, 4.69) is 251 Å². The summed E-state index contributed by atoms with van der Waals surface area (Å²) in [7, 11) is 0. The molecule has 0 aliphatic heterocycles. The smallest absolute Gasteiger partial charge is 0.137 e. The molecule has 0 bridgehead atoms. The highest BCUT2D eigenvalue weighted by Gasteiger charge is 2.25. The third-order valence-electron chi connectivity index (χ3n) is 13.5. The highest BCUT2D eigenvalue weighted by atomic mass is 16.3. The fourth-order valence-electron chi connectivity index (χ4n) is 9.52. The van der Waals surface area contributed by atoms with E-state index in [0.29, 0.717) is 0 Å². The van der Waals surface area contributed by atoms with E-state index >= 15 is 0 Å². The van der Waals surface area contributed by atoms with Crippen molar-refractivity contribution in [3.63, 3.8) is 0 Å². The maximum atomic E-state index is 6.76. The lowest BCUT2D eigenvalue weighted by Gasteiger charge is -2.28. The first kappa shape index (κ1) is 43.1. The summed E-state index contributed by atoms with van der Waals surface area (Å²) in [4.78, 5) is 4.77. The molecule has 4 heteroatoms. The molecule has 0 N–H and O–H groups in total. The Bertz CT molecular complexity index is 3070. The Labute approximate surface area is 390 Å². The van der Waals surface area contributed by atoms with Gasteiger partial charge in [0.05, 0.1) is 22.1 Å². The van der Waals surface area contributed by atoms with Crippen LogP contribution >= 0.6 is 0 Å². The molecule has 0 spiro atoms. The lowest BCUT2D eigenvalue weighted by molar-refractivity contribution is 0.590. The monoisotopic (exact) mass is 866 g/mol. The van der Waals surface area contributed by atoms with E-state index < -0.39 is 0 Å². The zero-order chi connectivity index (χ0) is 46.5. The van der Waals surface area contributed by atoms with Crippen LogP contribution in [0.5, 0.6) is 0 Å². The molecule has 66 heavy (non-hydrogen) atoms. The second kappa shape index (κ2) is 15.4. The molecular formula is C62H62N2O2. The molecule has 0 fully saturated rings. The molecule has 332 valence electrons. The molecule has 0 unspecified atom stereocenters. The Balaban J connectivity index is 1.17. The van der Waals surface area contributed by atoms with Crippen LogP contribution in [0.25, 0.3) is 54.6 Å². The fourth-order valence-corrected chi connectivity index (χ4v) is 9.52. The molecule has 10 aromatic rings. The van der Waals surface area contributed by atoms with Gasteiger partial charge >= 0.3 is 0 Å². The molecule has 0 saturated carbocycles. The van der Waals surface area contributed by atoms with E-state index in [1.807, 2.05) is 0 Å². The van der Waals surface area contributed by atoms with Gasteiger partial charge in [-0.05, 0) is 152 Å². The number of fused-ring (bicyclic) bond motifs is 7. The summed E-state index contributed by atoms with van der Waals surface area (Å²) < 4.78 is 13.5. The summed E-state index contributed by atoms with van der Waals surface area (Å²) in [6, 6.07) is 58.1. The lowest BCUT2D eigenvalue weighted by atomic mass is 9.86. The first-order valence-electron chi connectivity index (χ1n) is 23.5. The molecular weight excluding hydrogens is 805 g/mol. The summed E-state index contributed by atoms with van der Waals surface area (Å²) in [6.45, 7) is 27.2. The quantitative estimate of drug-likeness (QED) is 0.167. The first-order chi connectivity index (χ1) is 31.2. The van der Waals surface area contributed by atoms with Gasteiger partial charge in [-0.3, -0.25) is 0 Å². The van der Waals surface area contributed by atoms with Crippen LogP contribution in [0.15, 0.2) is 167 Å². The van der Waals surface area contributed by atoms with Crippen LogP contribution < -0.4 is 9.80 Å². The molecule has 2 heterocycles. The second-order valence-corrected chi connectivity index (χ2v) is 22.4. The summed E-state index contributed by atoms with van der Waals surface area (Å²) in [5, 5.41) is 6.49. The van der Waals surface area contributed by atoms with Crippen LogP contribution in [0.1, 0.15) is 105 Å². The van der Waals surface area contributed by atoms with Crippen LogP contribution in [0.4, 0.5) is 34.1 Å². The zero-order valence-corrected chi connectivity index (χ0v) is 40.7. The topological polar surface area (TPSA) is 32.8 Å². The molecule has 0 aliphatic rings. The van der Waals surface area contributed by atoms with Gasteiger partial charge in [0.25, 0.3) is 0 Å². The first-order valence-corrected chi connectivity index (χ1v) is 23.5. The fraction of sp³-hybridized carbons (Fsp3) is 0.258. The minimum Gasteiger partial charge on any atom is -0.456 e. The van der Waals surface area contributed by atoms with E-state index in [1.165, 1.54) is 22.3 Å². The van der Waals surface area contributed by atoms with E-state index in [1.54, 1.807) is 0 Å². The molecule has 10 rings (SSSR count). The molecule has 2 aromatic heterocycles. The van der Waals surface area contributed by atoms with E-state index in [-0.39, 0.29) is 21.7 Å². The average Bonchev–Trinajstić information content (AvgIpc) is 3.82. The van der Waals surface area contributed by atoms with Gasteiger partial charge in [-0.1, -0.05) is 144 Å². The average molecular weight is 867 g/mol. The summed E-state index contributed by atoms with van der Waals surface area (Å²) in [5.74, 6) is 0. The summed E-state index contributed by atoms with van der Waals surface area (Å²) in [5.41, 5.74) is 15.3. The van der Waals surface area contributed by atoms with Crippen LogP contribution in [0.2, 0.25) is 0 Å². The van der Waals surface area contributed by atoms with Crippen molar-refractivity contribution < 1.29 is 8.83 Å². The Hall–Kier alpha value is -6.78. The third-order valence-corrected chi connectivity index (χ3v) is 13.5. The van der Waals surface area contributed by atoms with Gasteiger partial charge < -0.3 is 18.6 Å². The van der Waals surface area contributed by atoms with Crippen molar-refractivity contribution in [1.29, 1.82) is 0 Å². The Kier molecular flexibility index (Phi) is 10.1. The number of furan rings is 2. The predicted molar refractivity (Wildman–Crippen MR) is 283 cm³/mol. The number of benzene rings is 8. The molecule has 0 radical (unpaired) electrons. The van der Waals surface area contributed by atoms with Crippen LogP contribution in [0, 0.1) is 0 Å². The SMILES string of the molecule is CC(C)(C)c1ccc(N(c2ccc(C(C)(C)C)cc2)c2cccc3oc4cc5cc6oc7cccc(N(c8ccc(C(C)(C)C)cc8)c8ccc(C(C)(C)C)cc8)c7c6cc5cc4c23)cc1. The van der Waals surface area contributed by atoms with Gasteiger partial charge in [0.1, 0.15) is 22.3 Å². The predicted octanol–water partition coefficient (Wildman–Crippen LogP) is 18.8. The van der Waals surface area contributed by atoms with Crippen molar-refractivity contribution in [2.45, 2.75) is 105 Å². The van der Waals surface area contributed by atoms with E-state index in [4.69, 9.17) is 8.83 Å². The molecule has 0 saturated heterocycles. The Morgan fingerprint density at radius 3 is 0.848 bits per heavy atom. The molecule has 8 aromatic carbocycles. The van der Waals surface area contributed by atoms with Crippen LogP contribution in [-0.2, 0) is 21.7 Å². The van der Waals surface area contributed by atoms with E-state index in [0.717, 1.165) is 88.8 Å². The molecule has 0 atom stereocenters. The number of nitrogens with zero attached hydrogens (tertiary/aromatic N) is 2. The largest absolute Gasteiger partial charge is 0.456 e. The van der Waals surface area contributed by atoms with Crippen molar-refractivity contribution in [2.75, 3.05) is 9.80 Å². The minimum absolute atomic E-state index is 0.0414. The summed E-state index contributed by atoms with van der Waals surface area (Å²) >= 11 is 0. The second-order valence-electron chi connectivity index (χ2n) is 22.4. The highest BCUT2D eigenvalue weighted by Crippen LogP contribution is 2.47. The number of rotatable bonds is 6. The van der Waals surface area contributed by atoms with Crippen molar-refractivity contribution >= 4 is 88.8 Å². The Morgan fingerprint density at radius 1 is 0.303 bits per heavy atom. The Morgan fingerprint density at radius 2 is 0.576 bits per heavy atom. The highest BCUT2D eigenvalue weighted by molar-refractivity contribution is 6.20. The minimum atomic E-state index is 0.0414. The molecule has 0 aliphatic carbocycles. The molecule has 0 amide bonds. The van der Waals surface area contributed by atoms with Crippen LogP contribution in [0.3, 0.4) is 0 Å². The van der Waals surface area contributed by atoms with Gasteiger partial charge in [-0.2, -0.15) is 0 Å². The third kappa shape index (κ3) is 7.70. The number of hydrogen-bond acceptors (Lipinski definition) is 4. The van der Waals surface area contributed by atoms with Gasteiger partial charge in [-0.15, -0.1) is 0 Å². The van der Waals surface area contributed by atoms with Gasteiger partial charge in [0.2, 0.25) is 0 Å². The van der Waals surface area contributed by atoms with Gasteiger partial charge in [-0.25, -0.2) is 0 Å². The van der Waals surface area contributed by atoms with E-state index in [9.17, 15) is 0 Å². The zero-order valence-electron chi connectivity index (χ0n) is 40.7. The number of anilines is 6. The number of hydrogen-bond donors (Lipinski definition) is 0. The maximum absolute atomic E-state index is 6.76. The van der Waals surface area contributed by atoms with Crippen molar-refractivity contribution in [2.24, 2.45) is 0 Å². The van der Waals surface area contributed by atoms with Crippen molar-refractivity contribution in [3.05, 3.63) is 180 Å². The summed E-state index contributed by atoms with van der Waals surface area (Å²) in [6.07, 6.45) is 0.